The van der Waals surface area contributed by atoms with E-state index in [0.717, 1.165) is 32.4 Å². The Kier molecular flexibility index (Phi) is 3.55. The highest BCUT2D eigenvalue weighted by molar-refractivity contribution is 6.20. The van der Waals surface area contributed by atoms with Gasteiger partial charge in [0, 0.05) is 24.9 Å². The van der Waals surface area contributed by atoms with E-state index in [1.807, 2.05) is 4.90 Å². The van der Waals surface area contributed by atoms with E-state index in [4.69, 9.17) is 11.6 Å². The normalized spacial score (nSPS) is 25.3. The second-order valence-electron chi connectivity index (χ2n) is 5.04. The lowest BCUT2D eigenvalue weighted by Gasteiger charge is -2.33. The van der Waals surface area contributed by atoms with Crippen molar-refractivity contribution >= 4 is 17.5 Å². The van der Waals surface area contributed by atoms with Crippen LogP contribution in [0.1, 0.15) is 39.0 Å². The number of carbonyl (C=O) groups excluding carboxylic acids is 1. The Balaban J connectivity index is 1.74. The van der Waals surface area contributed by atoms with Gasteiger partial charge < -0.3 is 4.90 Å². The molecule has 0 radical (unpaired) electrons. The molecule has 2 nitrogen and oxygen atoms in total. The molecule has 15 heavy (non-hydrogen) atoms. The first-order valence-electron chi connectivity index (χ1n) is 6.08. The molecule has 3 heteroatoms. The second kappa shape index (κ2) is 4.73. The standard InChI is InChI=1S/C12H20ClNO/c1-9(13)11-4-6-14(7-5-11)12(15)8-10-2-3-10/h9-11H,2-8H2,1H3. The molecule has 1 aliphatic heterocycles. The summed E-state index contributed by atoms with van der Waals surface area (Å²) >= 11 is 6.07. The third-order valence-corrected chi connectivity index (χ3v) is 4.06. The minimum absolute atomic E-state index is 0.255. The number of amides is 1. The number of piperidine rings is 1. The highest BCUT2D eigenvalue weighted by Crippen LogP contribution is 2.33. The third kappa shape index (κ3) is 3.10. The van der Waals surface area contributed by atoms with Crippen molar-refractivity contribution in [1.82, 2.24) is 4.90 Å². The van der Waals surface area contributed by atoms with Gasteiger partial charge in [0.15, 0.2) is 0 Å². The fourth-order valence-electron chi connectivity index (χ4n) is 2.31. The van der Waals surface area contributed by atoms with E-state index < -0.39 is 0 Å². The zero-order valence-corrected chi connectivity index (χ0v) is 10.2. The van der Waals surface area contributed by atoms with Gasteiger partial charge in [-0.2, -0.15) is 0 Å². The Hall–Kier alpha value is -0.240. The van der Waals surface area contributed by atoms with Crippen LogP contribution in [0.4, 0.5) is 0 Å². The van der Waals surface area contributed by atoms with Crippen molar-refractivity contribution in [3.05, 3.63) is 0 Å². The Morgan fingerprint density at radius 3 is 2.40 bits per heavy atom. The van der Waals surface area contributed by atoms with Crippen LogP contribution in [0.2, 0.25) is 0 Å². The predicted molar refractivity (Wildman–Crippen MR) is 62.0 cm³/mol. The average Bonchev–Trinajstić information content (AvgIpc) is 3.02. The Labute approximate surface area is 97.0 Å². The SMILES string of the molecule is CC(Cl)C1CCN(C(=O)CC2CC2)CC1. The molecule has 1 atom stereocenters. The maximum Gasteiger partial charge on any atom is 0.222 e. The Morgan fingerprint density at radius 1 is 1.33 bits per heavy atom. The molecule has 0 aromatic carbocycles. The number of hydrogen-bond donors (Lipinski definition) is 0. The van der Waals surface area contributed by atoms with E-state index in [0.29, 0.717) is 17.7 Å². The molecule has 1 heterocycles. The summed E-state index contributed by atoms with van der Waals surface area (Å²) < 4.78 is 0. The zero-order chi connectivity index (χ0) is 10.8. The molecule has 86 valence electrons. The number of alkyl halides is 1. The van der Waals surface area contributed by atoms with Gasteiger partial charge in [0.25, 0.3) is 0 Å². The molecule has 2 rings (SSSR count). The fraction of sp³-hybridized carbons (Fsp3) is 0.917. The van der Waals surface area contributed by atoms with Crippen LogP contribution in [0.5, 0.6) is 0 Å². The highest BCUT2D eigenvalue weighted by Gasteiger charge is 2.29. The second-order valence-corrected chi connectivity index (χ2v) is 5.73. The van der Waals surface area contributed by atoms with Crippen molar-refractivity contribution in [3.63, 3.8) is 0 Å². The van der Waals surface area contributed by atoms with Gasteiger partial charge in [-0.05, 0) is 44.4 Å². The summed E-state index contributed by atoms with van der Waals surface area (Å²) in [6.07, 6.45) is 5.49. The number of carbonyl (C=O) groups is 1. The van der Waals surface area contributed by atoms with Crippen LogP contribution in [-0.2, 0) is 4.79 Å². The van der Waals surface area contributed by atoms with Crippen molar-refractivity contribution in [2.45, 2.75) is 44.4 Å². The van der Waals surface area contributed by atoms with Crippen LogP contribution in [0.15, 0.2) is 0 Å². The van der Waals surface area contributed by atoms with Gasteiger partial charge in [0.1, 0.15) is 0 Å². The van der Waals surface area contributed by atoms with Crippen molar-refractivity contribution in [3.8, 4) is 0 Å². The van der Waals surface area contributed by atoms with Crippen LogP contribution in [0, 0.1) is 11.8 Å². The molecular weight excluding hydrogens is 210 g/mol. The molecule has 1 aliphatic carbocycles. The van der Waals surface area contributed by atoms with Crippen molar-refractivity contribution in [2.75, 3.05) is 13.1 Å². The monoisotopic (exact) mass is 229 g/mol. The minimum atomic E-state index is 0.255. The molecule has 0 aromatic heterocycles. The highest BCUT2D eigenvalue weighted by atomic mass is 35.5. The molecular formula is C12H20ClNO. The fourth-order valence-corrected chi connectivity index (χ4v) is 2.56. The first-order valence-corrected chi connectivity index (χ1v) is 6.52. The molecule has 1 saturated carbocycles. The molecule has 1 amide bonds. The van der Waals surface area contributed by atoms with E-state index >= 15 is 0 Å². The third-order valence-electron chi connectivity index (χ3n) is 3.70. The van der Waals surface area contributed by atoms with Crippen LogP contribution < -0.4 is 0 Å². The first-order chi connectivity index (χ1) is 7.16. The van der Waals surface area contributed by atoms with E-state index in [-0.39, 0.29) is 5.38 Å². The molecule has 1 unspecified atom stereocenters. The van der Waals surface area contributed by atoms with E-state index in [9.17, 15) is 4.79 Å². The Bertz CT molecular complexity index is 230. The van der Waals surface area contributed by atoms with Gasteiger partial charge in [-0.15, -0.1) is 11.6 Å². The quantitative estimate of drug-likeness (QED) is 0.682. The van der Waals surface area contributed by atoms with Crippen molar-refractivity contribution < 1.29 is 4.79 Å². The van der Waals surface area contributed by atoms with E-state index in [1.54, 1.807) is 0 Å². The van der Waals surface area contributed by atoms with Crippen molar-refractivity contribution in [2.24, 2.45) is 11.8 Å². The van der Waals surface area contributed by atoms with Crippen LogP contribution in [-0.4, -0.2) is 29.3 Å². The molecule has 0 aromatic rings. The zero-order valence-electron chi connectivity index (χ0n) is 9.42. The first kappa shape index (κ1) is 11.3. The topological polar surface area (TPSA) is 20.3 Å². The van der Waals surface area contributed by atoms with Gasteiger partial charge in [-0.25, -0.2) is 0 Å². The number of rotatable bonds is 3. The van der Waals surface area contributed by atoms with Crippen LogP contribution >= 0.6 is 11.6 Å². The Morgan fingerprint density at radius 2 is 1.93 bits per heavy atom. The molecule has 2 aliphatic rings. The smallest absolute Gasteiger partial charge is 0.222 e. The number of likely N-dealkylation sites (tertiary alicyclic amines) is 1. The number of nitrogens with zero attached hydrogens (tertiary/aromatic N) is 1. The summed E-state index contributed by atoms with van der Waals surface area (Å²) in [5.74, 6) is 1.69. The summed E-state index contributed by atoms with van der Waals surface area (Å²) in [7, 11) is 0. The van der Waals surface area contributed by atoms with Gasteiger partial charge >= 0.3 is 0 Å². The van der Waals surface area contributed by atoms with Gasteiger partial charge in [0.2, 0.25) is 5.91 Å². The van der Waals surface area contributed by atoms with Crippen molar-refractivity contribution in [1.29, 1.82) is 0 Å². The predicted octanol–water partition coefficient (Wildman–Crippen LogP) is 2.65. The van der Waals surface area contributed by atoms with Gasteiger partial charge in [-0.1, -0.05) is 0 Å². The maximum atomic E-state index is 11.8. The lowest BCUT2D eigenvalue weighted by molar-refractivity contribution is -0.132. The maximum absolute atomic E-state index is 11.8. The number of hydrogen-bond acceptors (Lipinski definition) is 1. The minimum Gasteiger partial charge on any atom is -0.343 e. The molecule has 0 bridgehead atoms. The average molecular weight is 230 g/mol. The summed E-state index contributed by atoms with van der Waals surface area (Å²) in [4.78, 5) is 13.9. The summed E-state index contributed by atoms with van der Waals surface area (Å²) in [6.45, 7) is 3.91. The lowest BCUT2D eigenvalue weighted by Crippen LogP contribution is -2.40. The summed E-state index contributed by atoms with van der Waals surface area (Å²) in [5.41, 5.74) is 0. The number of halogens is 1. The van der Waals surface area contributed by atoms with Gasteiger partial charge in [-0.3, -0.25) is 4.79 Å². The van der Waals surface area contributed by atoms with Gasteiger partial charge in [0.05, 0.1) is 0 Å². The van der Waals surface area contributed by atoms with E-state index in [2.05, 4.69) is 6.92 Å². The largest absolute Gasteiger partial charge is 0.343 e. The molecule has 0 N–H and O–H groups in total. The molecule has 0 spiro atoms. The van der Waals surface area contributed by atoms with E-state index in [1.165, 1.54) is 12.8 Å². The van der Waals surface area contributed by atoms with Crippen LogP contribution in [0.3, 0.4) is 0 Å². The summed E-state index contributed by atoms with van der Waals surface area (Å²) in [6, 6.07) is 0. The summed E-state index contributed by atoms with van der Waals surface area (Å²) in [5, 5.41) is 0.255. The van der Waals surface area contributed by atoms with Crippen LogP contribution in [0.25, 0.3) is 0 Å². The lowest BCUT2D eigenvalue weighted by atomic mass is 9.94. The molecule has 2 fully saturated rings. The molecule has 1 saturated heterocycles.